The maximum Gasteiger partial charge on any atom is 0.183 e. The second-order valence-corrected chi connectivity index (χ2v) is 4.25. The second-order valence-electron chi connectivity index (χ2n) is 3.39. The van der Waals surface area contributed by atoms with E-state index >= 15 is 0 Å². The van der Waals surface area contributed by atoms with E-state index in [0.29, 0.717) is 0 Å². The third-order valence-electron chi connectivity index (χ3n) is 2.04. The molecule has 0 aliphatic rings. The van der Waals surface area contributed by atoms with E-state index in [9.17, 15) is 0 Å². The number of hydrogen-bond acceptors (Lipinski definition) is 4. The predicted molar refractivity (Wildman–Crippen MR) is 65.0 cm³/mol. The number of rotatable bonds is 3. The molecule has 2 aromatic rings. The molecule has 0 radical (unpaired) electrons. The number of nitrogens with zero attached hydrogens (tertiary/aromatic N) is 1. The Balaban J connectivity index is 1.96. The van der Waals surface area contributed by atoms with Gasteiger partial charge in [0.25, 0.3) is 0 Å². The first-order valence-corrected chi connectivity index (χ1v) is 5.62. The van der Waals surface area contributed by atoms with Crippen LogP contribution in [-0.2, 0) is 6.54 Å². The van der Waals surface area contributed by atoms with Crippen LogP contribution in [0.3, 0.4) is 0 Å². The van der Waals surface area contributed by atoms with Gasteiger partial charge >= 0.3 is 0 Å². The first-order chi connectivity index (χ1) is 7.24. The number of aryl methyl sites for hydroxylation is 1. The van der Waals surface area contributed by atoms with Crippen LogP contribution in [0.2, 0.25) is 0 Å². The standard InChI is InChI=1S/C11H13N3S/c1-8-7-15-11(14-8)13-6-9-2-4-10(12)5-3-9/h2-5,7H,6,12H2,1H3,(H,13,14). The number of nitrogens with two attached hydrogens (primary N) is 1. The molecule has 0 amide bonds. The molecule has 0 aliphatic heterocycles. The molecule has 0 unspecified atom stereocenters. The summed E-state index contributed by atoms with van der Waals surface area (Å²) in [5.74, 6) is 0. The van der Waals surface area contributed by atoms with E-state index in [1.807, 2.05) is 36.6 Å². The second kappa shape index (κ2) is 4.31. The third kappa shape index (κ3) is 2.70. The molecule has 4 heteroatoms. The van der Waals surface area contributed by atoms with Crippen LogP contribution in [0.1, 0.15) is 11.3 Å². The van der Waals surface area contributed by atoms with Crippen molar-refractivity contribution in [2.24, 2.45) is 0 Å². The highest BCUT2D eigenvalue weighted by Crippen LogP contribution is 2.15. The van der Waals surface area contributed by atoms with Crippen molar-refractivity contribution in [1.82, 2.24) is 4.98 Å². The van der Waals surface area contributed by atoms with Gasteiger partial charge in [0.1, 0.15) is 0 Å². The Morgan fingerprint density at radius 1 is 1.33 bits per heavy atom. The highest BCUT2D eigenvalue weighted by molar-refractivity contribution is 7.13. The lowest BCUT2D eigenvalue weighted by molar-refractivity contribution is 1.12. The maximum absolute atomic E-state index is 5.61. The molecule has 0 atom stereocenters. The van der Waals surface area contributed by atoms with Crippen LogP contribution in [0.15, 0.2) is 29.6 Å². The third-order valence-corrected chi connectivity index (χ3v) is 2.96. The van der Waals surface area contributed by atoms with Gasteiger partial charge in [0.05, 0.1) is 5.69 Å². The summed E-state index contributed by atoms with van der Waals surface area (Å²) in [6.45, 7) is 2.78. The molecule has 1 heterocycles. The molecule has 0 spiro atoms. The van der Waals surface area contributed by atoms with E-state index in [4.69, 9.17) is 5.73 Å². The van der Waals surface area contributed by atoms with Crippen molar-refractivity contribution in [2.45, 2.75) is 13.5 Å². The average Bonchev–Trinajstić information content (AvgIpc) is 2.64. The summed E-state index contributed by atoms with van der Waals surface area (Å²) in [7, 11) is 0. The fourth-order valence-corrected chi connectivity index (χ4v) is 1.94. The maximum atomic E-state index is 5.61. The van der Waals surface area contributed by atoms with Gasteiger partial charge in [-0.15, -0.1) is 11.3 Å². The van der Waals surface area contributed by atoms with Crippen molar-refractivity contribution in [2.75, 3.05) is 11.1 Å². The summed E-state index contributed by atoms with van der Waals surface area (Å²) in [6, 6.07) is 7.85. The number of nitrogen functional groups attached to an aromatic ring is 1. The van der Waals surface area contributed by atoms with Crippen LogP contribution in [0.5, 0.6) is 0 Å². The predicted octanol–water partition coefficient (Wildman–Crippen LogP) is 2.65. The number of hydrogen-bond donors (Lipinski definition) is 2. The van der Waals surface area contributed by atoms with Crippen LogP contribution in [-0.4, -0.2) is 4.98 Å². The average molecular weight is 219 g/mol. The van der Waals surface area contributed by atoms with Gasteiger partial charge in [-0.05, 0) is 24.6 Å². The van der Waals surface area contributed by atoms with Gasteiger partial charge in [-0.25, -0.2) is 4.98 Å². The molecule has 0 aliphatic carbocycles. The van der Waals surface area contributed by atoms with Crippen LogP contribution >= 0.6 is 11.3 Å². The molecular weight excluding hydrogens is 206 g/mol. The summed E-state index contributed by atoms with van der Waals surface area (Å²) < 4.78 is 0. The zero-order valence-electron chi connectivity index (χ0n) is 8.53. The molecule has 15 heavy (non-hydrogen) atoms. The lowest BCUT2D eigenvalue weighted by Gasteiger charge is -2.02. The fourth-order valence-electron chi connectivity index (χ4n) is 1.25. The van der Waals surface area contributed by atoms with E-state index in [0.717, 1.165) is 23.1 Å². The van der Waals surface area contributed by atoms with Crippen LogP contribution in [0.25, 0.3) is 0 Å². The first kappa shape index (κ1) is 9.98. The van der Waals surface area contributed by atoms with E-state index in [-0.39, 0.29) is 0 Å². The molecule has 0 saturated carbocycles. The molecule has 1 aromatic carbocycles. The molecule has 2 rings (SSSR count). The van der Waals surface area contributed by atoms with Crippen molar-refractivity contribution in [1.29, 1.82) is 0 Å². The monoisotopic (exact) mass is 219 g/mol. The summed E-state index contributed by atoms with van der Waals surface area (Å²) in [6.07, 6.45) is 0. The van der Waals surface area contributed by atoms with E-state index < -0.39 is 0 Å². The molecular formula is C11H13N3S. The van der Waals surface area contributed by atoms with Gasteiger partial charge in [-0.1, -0.05) is 12.1 Å². The Morgan fingerprint density at radius 3 is 2.67 bits per heavy atom. The van der Waals surface area contributed by atoms with Crippen molar-refractivity contribution < 1.29 is 0 Å². The quantitative estimate of drug-likeness (QED) is 0.780. The lowest BCUT2D eigenvalue weighted by atomic mass is 10.2. The normalized spacial score (nSPS) is 10.2. The van der Waals surface area contributed by atoms with Crippen molar-refractivity contribution in [3.05, 3.63) is 40.9 Å². The minimum absolute atomic E-state index is 0.785. The number of anilines is 2. The van der Waals surface area contributed by atoms with E-state index in [1.165, 1.54) is 5.56 Å². The van der Waals surface area contributed by atoms with Crippen LogP contribution < -0.4 is 11.1 Å². The number of thiazole rings is 1. The SMILES string of the molecule is Cc1csc(NCc2ccc(N)cc2)n1. The van der Waals surface area contributed by atoms with Gasteiger partial charge in [0, 0.05) is 17.6 Å². The van der Waals surface area contributed by atoms with Crippen molar-refractivity contribution in [3.8, 4) is 0 Å². The molecule has 3 nitrogen and oxygen atoms in total. The number of aromatic nitrogens is 1. The van der Waals surface area contributed by atoms with Gasteiger partial charge in [-0.2, -0.15) is 0 Å². The highest BCUT2D eigenvalue weighted by Gasteiger charge is 1.97. The topological polar surface area (TPSA) is 50.9 Å². The zero-order valence-corrected chi connectivity index (χ0v) is 9.34. The Morgan fingerprint density at radius 2 is 2.07 bits per heavy atom. The van der Waals surface area contributed by atoms with E-state index in [1.54, 1.807) is 11.3 Å². The van der Waals surface area contributed by atoms with Gasteiger partial charge in [-0.3, -0.25) is 0 Å². The lowest BCUT2D eigenvalue weighted by Crippen LogP contribution is -1.99. The summed E-state index contributed by atoms with van der Waals surface area (Å²) >= 11 is 1.63. The molecule has 78 valence electrons. The minimum Gasteiger partial charge on any atom is -0.399 e. The van der Waals surface area contributed by atoms with Gasteiger partial charge in [0.15, 0.2) is 5.13 Å². The van der Waals surface area contributed by atoms with Gasteiger partial charge < -0.3 is 11.1 Å². The Bertz CT molecular complexity index is 433. The highest BCUT2D eigenvalue weighted by atomic mass is 32.1. The van der Waals surface area contributed by atoms with Crippen LogP contribution in [0, 0.1) is 6.92 Å². The Kier molecular flexibility index (Phi) is 2.87. The summed E-state index contributed by atoms with van der Waals surface area (Å²) in [5.41, 5.74) is 8.66. The van der Waals surface area contributed by atoms with Crippen LogP contribution in [0.4, 0.5) is 10.8 Å². The molecule has 0 bridgehead atoms. The fraction of sp³-hybridized carbons (Fsp3) is 0.182. The molecule has 1 aromatic heterocycles. The molecule has 0 saturated heterocycles. The van der Waals surface area contributed by atoms with Gasteiger partial charge in [0.2, 0.25) is 0 Å². The number of benzene rings is 1. The van der Waals surface area contributed by atoms with Crippen molar-refractivity contribution in [3.63, 3.8) is 0 Å². The number of nitrogens with one attached hydrogen (secondary N) is 1. The molecule has 0 fully saturated rings. The minimum atomic E-state index is 0.785. The Hall–Kier alpha value is -1.55. The first-order valence-electron chi connectivity index (χ1n) is 4.74. The Labute approximate surface area is 93.0 Å². The van der Waals surface area contributed by atoms with Crippen molar-refractivity contribution >= 4 is 22.2 Å². The summed E-state index contributed by atoms with van der Waals surface area (Å²) in [4.78, 5) is 4.33. The largest absolute Gasteiger partial charge is 0.399 e. The smallest absolute Gasteiger partial charge is 0.183 e. The molecule has 3 N–H and O–H groups in total. The zero-order chi connectivity index (χ0) is 10.7. The van der Waals surface area contributed by atoms with E-state index in [2.05, 4.69) is 10.3 Å². The summed E-state index contributed by atoms with van der Waals surface area (Å²) in [5, 5.41) is 6.26.